The molecule has 1 aliphatic heterocycles. The molecule has 6 nitrogen and oxygen atoms in total. The minimum Gasteiger partial charge on any atom is -0.351 e. The van der Waals surface area contributed by atoms with Gasteiger partial charge in [-0.2, -0.15) is 0 Å². The Morgan fingerprint density at radius 3 is 2.55 bits per heavy atom. The van der Waals surface area contributed by atoms with Crippen molar-refractivity contribution in [1.82, 2.24) is 15.1 Å². The first-order valence-corrected chi connectivity index (χ1v) is 8.36. The van der Waals surface area contributed by atoms with E-state index in [1.165, 1.54) is 0 Å². The van der Waals surface area contributed by atoms with Crippen LogP contribution in [0.2, 0.25) is 0 Å². The van der Waals surface area contributed by atoms with E-state index in [4.69, 9.17) is 5.73 Å². The zero-order valence-corrected chi connectivity index (χ0v) is 14.2. The van der Waals surface area contributed by atoms with Gasteiger partial charge in [0, 0.05) is 25.6 Å². The molecule has 1 saturated heterocycles. The van der Waals surface area contributed by atoms with E-state index in [2.05, 4.69) is 31.1 Å². The number of nitrogens with one attached hydrogen (secondary N) is 1. The van der Waals surface area contributed by atoms with Crippen LogP contribution < -0.4 is 11.1 Å². The van der Waals surface area contributed by atoms with Crippen LogP contribution in [0.1, 0.15) is 46.5 Å². The van der Waals surface area contributed by atoms with Gasteiger partial charge < -0.3 is 20.9 Å². The number of likely N-dealkylation sites (tertiary alicyclic amines) is 1. The van der Waals surface area contributed by atoms with Gasteiger partial charge in [0.25, 0.3) is 0 Å². The van der Waals surface area contributed by atoms with E-state index < -0.39 is 0 Å². The molecule has 2 aliphatic rings. The number of carbonyl (C=O) groups is 2. The van der Waals surface area contributed by atoms with Crippen molar-refractivity contribution in [1.29, 1.82) is 0 Å². The number of rotatable bonds is 4. The standard InChI is InChI=1S/C16H30N4O2/c1-10(2)19(4)12-5-6-15(14(9-12)18-11(3)21)20-8-7-13(17)16(20)22/h10,12-15H,5-9,17H2,1-4H3,(H,18,21)/t12-,13+,14?,15?/m1/s1. The first-order valence-electron chi connectivity index (χ1n) is 8.36. The topological polar surface area (TPSA) is 78.7 Å². The second-order valence-electron chi connectivity index (χ2n) is 7.03. The molecule has 0 aromatic heterocycles. The maximum absolute atomic E-state index is 12.2. The lowest BCUT2D eigenvalue weighted by Gasteiger charge is -2.44. The van der Waals surface area contributed by atoms with Crippen LogP contribution in [-0.4, -0.2) is 65.4 Å². The SMILES string of the molecule is CC(=O)NC1C[C@H](N(C)C(C)C)CCC1N1CC[C@H](N)C1=O. The third-order valence-corrected chi connectivity index (χ3v) is 5.25. The fourth-order valence-electron chi connectivity index (χ4n) is 3.77. The van der Waals surface area contributed by atoms with Gasteiger partial charge in [0.2, 0.25) is 11.8 Å². The molecule has 2 fully saturated rings. The minimum absolute atomic E-state index is 0.0201. The molecule has 1 heterocycles. The third kappa shape index (κ3) is 3.60. The van der Waals surface area contributed by atoms with Gasteiger partial charge in [-0.15, -0.1) is 0 Å². The van der Waals surface area contributed by atoms with Crippen molar-refractivity contribution in [3.63, 3.8) is 0 Å². The number of nitrogens with zero attached hydrogens (tertiary/aromatic N) is 2. The average Bonchev–Trinajstić information content (AvgIpc) is 2.77. The lowest BCUT2D eigenvalue weighted by atomic mass is 9.84. The van der Waals surface area contributed by atoms with Gasteiger partial charge in [-0.05, 0) is 46.6 Å². The van der Waals surface area contributed by atoms with Gasteiger partial charge in [-0.1, -0.05) is 0 Å². The maximum atomic E-state index is 12.2. The number of hydrogen-bond donors (Lipinski definition) is 2. The fourth-order valence-corrected chi connectivity index (χ4v) is 3.77. The number of nitrogens with two attached hydrogens (primary N) is 1. The summed E-state index contributed by atoms with van der Waals surface area (Å²) in [6.07, 6.45) is 3.58. The highest BCUT2D eigenvalue weighted by atomic mass is 16.2. The van der Waals surface area contributed by atoms with Gasteiger partial charge >= 0.3 is 0 Å². The molecule has 2 unspecified atom stereocenters. The van der Waals surface area contributed by atoms with Crippen LogP contribution in [-0.2, 0) is 9.59 Å². The lowest BCUT2D eigenvalue weighted by molar-refractivity contribution is -0.133. The van der Waals surface area contributed by atoms with Gasteiger partial charge in [0.15, 0.2) is 0 Å². The van der Waals surface area contributed by atoms with E-state index >= 15 is 0 Å². The van der Waals surface area contributed by atoms with Gasteiger partial charge in [-0.3, -0.25) is 9.59 Å². The van der Waals surface area contributed by atoms with Crippen LogP contribution in [0.5, 0.6) is 0 Å². The quantitative estimate of drug-likeness (QED) is 0.783. The van der Waals surface area contributed by atoms with Crippen LogP contribution >= 0.6 is 0 Å². The molecule has 0 aromatic carbocycles. The monoisotopic (exact) mass is 310 g/mol. The molecule has 22 heavy (non-hydrogen) atoms. The predicted octanol–water partition coefficient (Wildman–Crippen LogP) is 0.312. The highest BCUT2D eigenvalue weighted by Gasteiger charge is 2.41. The molecule has 0 spiro atoms. The van der Waals surface area contributed by atoms with Gasteiger partial charge in [0.05, 0.1) is 18.1 Å². The summed E-state index contributed by atoms with van der Waals surface area (Å²) in [6.45, 7) is 6.63. The Hall–Kier alpha value is -1.14. The van der Waals surface area contributed by atoms with Crippen LogP contribution in [0.3, 0.4) is 0 Å². The van der Waals surface area contributed by atoms with Crippen molar-refractivity contribution in [3.8, 4) is 0 Å². The molecule has 2 rings (SSSR count). The summed E-state index contributed by atoms with van der Waals surface area (Å²) in [7, 11) is 2.14. The molecule has 0 bridgehead atoms. The van der Waals surface area contributed by atoms with Gasteiger partial charge in [-0.25, -0.2) is 0 Å². The Labute approximate surface area is 133 Å². The van der Waals surface area contributed by atoms with Crippen molar-refractivity contribution >= 4 is 11.8 Å². The molecule has 0 radical (unpaired) electrons. The number of hydrogen-bond acceptors (Lipinski definition) is 4. The van der Waals surface area contributed by atoms with E-state index in [-0.39, 0.29) is 29.9 Å². The molecule has 1 saturated carbocycles. The zero-order valence-electron chi connectivity index (χ0n) is 14.2. The Kier molecular flexibility index (Phi) is 5.45. The smallest absolute Gasteiger partial charge is 0.239 e. The molecule has 4 atom stereocenters. The predicted molar refractivity (Wildman–Crippen MR) is 86.2 cm³/mol. The fraction of sp³-hybridized carbons (Fsp3) is 0.875. The molecule has 6 heteroatoms. The summed E-state index contributed by atoms with van der Waals surface area (Å²) in [5.74, 6) is 0.00908. The van der Waals surface area contributed by atoms with E-state index in [0.717, 1.165) is 25.7 Å². The first-order chi connectivity index (χ1) is 10.3. The van der Waals surface area contributed by atoms with Crippen molar-refractivity contribution in [2.24, 2.45) is 5.73 Å². The Morgan fingerprint density at radius 1 is 1.36 bits per heavy atom. The number of amides is 2. The summed E-state index contributed by atoms with van der Waals surface area (Å²) in [4.78, 5) is 28.1. The van der Waals surface area contributed by atoms with E-state index in [9.17, 15) is 9.59 Å². The maximum Gasteiger partial charge on any atom is 0.239 e. The van der Waals surface area contributed by atoms with Crippen molar-refractivity contribution in [2.75, 3.05) is 13.6 Å². The summed E-state index contributed by atoms with van der Waals surface area (Å²) < 4.78 is 0. The van der Waals surface area contributed by atoms with Crippen LogP contribution in [0.4, 0.5) is 0 Å². The summed E-state index contributed by atoms with van der Waals surface area (Å²) in [6, 6.07) is 0.656. The largest absolute Gasteiger partial charge is 0.351 e. The highest BCUT2D eigenvalue weighted by molar-refractivity contribution is 5.84. The summed E-state index contributed by atoms with van der Waals surface area (Å²) in [5, 5.41) is 3.07. The van der Waals surface area contributed by atoms with Crippen LogP contribution in [0, 0.1) is 0 Å². The second kappa shape index (κ2) is 6.96. The molecular weight excluding hydrogens is 280 g/mol. The highest BCUT2D eigenvalue weighted by Crippen LogP contribution is 2.29. The molecule has 126 valence electrons. The molecule has 0 aromatic rings. The van der Waals surface area contributed by atoms with Crippen molar-refractivity contribution in [2.45, 2.75) is 76.7 Å². The van der Waals surface area contributed by atoms with E-state index in [1.54, 1.807) is 6.92 Å². The van der Waals surface area contributed by atoms with Crippen LogP contribution in [0.15, 0.2) is 0 Å². The van der Waals surface area contributed by atoms with E-state index in [0.29, 0.717) is 18.6 Å². The second-order valence-corrected chi connectivity index (χ2v) is 7.03. The Bertz CT molecular complexity index is 426. The Morgan fingerprint density at radius 2 is 2.05 bits per heavy atom. The minimum atomic E-state index is -0.367. The normalized spacial score (nSPS) is 32.9. The Balaban J connectivity index is 2.10. The summed E-state index contributed by atoms with van der Waals surface area (Å²) >= 11 is 0. The van der Waals surface area contributed by atoms with Crippen LogP contribution in [0.25, 0.3) is 0 Å². The first kappa shape index (κ1) is 17.2. The average molecular weight is 310 g/mol. The molecule has 3 N–H and O–H groups in total. The molecule has 1 aliphatic carbocycles. The van der Waals surface area contributed by atoms with Crippen molar-refractivity contribution < 1.29 is 9.59 Å². The zero-order chi connectivity index (χ0) is 16.4. The third-order valence-electron chi connectivity index (χ3n) is 5.25. The molecular formula is C16H30N4O2. The summed E-state index contributed by atoms with van der Waals surface area (Å²) in [5.41, 5.74) is 5.85. The van der Waals surface area contributed by atoms with E-state index in [1.807, 2.05) is 4.90 Å². The lowest BCUT2D eigenvalue weighted by Crippen LogP contribution is -2.58. The molecule has 2 amide bonds. The van der Waals surface area contributed by atoms with Gasteiger partial charge in [0.1, 0.15) is 0 Å². The van der Waals surface area contributed by atoms with Crippen molar-refractivity contribution in [3.05, 3.63) is 0 Å². The number of carbonyl (C=O) groups excluding carboxylic acids is 2.